The number of nitrogens with zero attached hydrogens (tertiary/aromatic N) is 2. The molecule has 0 spiro atoms. The Bertz CT molecular complexity index is 1250. The number of nitrogens with one attached hydrogen (secondary N) is 1. The van der Waals surface area contributed by atoms with Gasteiger partial charge < -0.3 is 19.7 Å². The molecule has 0 saturated carbocycles. The van der Waals surface area contributed by atoms with Crippen LogP contribution in [0.1, 0.15) is 70.0 Å². The topological polar surface area (TPSA) is 80.8 Å². The van der Waals surface area contributed by atoms with Crippen molar-refractivity contribution in [1.82, 2.24) is 15.2 Å². The van der Waals surface area contributed by atoms with Crippen LogP contribution in [-0.2, 0) is 22.6 Å². The summed E-state index contributed by atoms with van der Waals surface area (Å²) in [6.07, 6.45) is 3.41. The highest BCUT2D eigenvalue weighted by Crippen LogP contribution is 2.37. The first-order chi connectivity index (χ1) is 18.0. The van der Waals surface area contributed by atoms with Gasteiger partial charge in [0.2, 0.25) is 5.91 Å². The number of amides is 2. The molecule has 8 heteroatoms. The molecule has 2 unspecified atom stereocenters. The van der Waals surface area contributed by atoms with Crippen molar-refractivity contribution in [3.8, 4) is 5.75 Å². The number of hydrogen-bond donors (Lipinski definition) is 1. The lowest BCUT2D eigenvalue weighted by molar-refractivity contribution is -0.132. The maximum absolute atomic E-state index is 12.8. The molecule has 7 nitrogen and oxygen atoms in total. The summed E-state index contributed by atoms with van der Waals surface area (Å²) in [5.74, 6) is 0.685. The maximum atomic E-state index is 12.8. The van der Waals surface area contributed by atoms with Gasteiger partial charge in [-0.15, -0.1) is 11.3 Å². The molecular weight excluding hydrogens is 486 g/mol. The smallest absolute Gasteiger partial charge is 0.270 e. The van der Waals surface area contributed by atoms with Crippen molar-refractivity contribution in [1.29, 1.82) is 0 Å². The molecule has 2 amide bonds. The van der Waals surface area contributed by atoms with Crippen molar-refractivity contribution in [3.63, 3.8) is 0 Å². The van der Waals surface area contributed by atoms with Gasteiger partial charge in [-0.25, -0.2) is 4.98 Å². The summed E-state index contributed by atoms with van der Waals surface area (Å²) in [5, 5.41) is 5.41. The lowest BCUT2D eigenvalue weighted by Crippen LogP contribution is -2.40. The zero-order chi connectivity index (χ0) is 25.8. The largest absolute Gasteiger partial charge is 0.486 e. The molecule has 37 heavy (non-hydrogen) atoms. The molecule has 1 saturated heterocycles. The monoisotopic (exact) mass is 519 g/mol. The summed E-state index contributed by atoms with van der Waals surface area (Å²) < 4.78 is 11.7. The van der Waals surface area contributed by atoms with Crippen LogP contribution in [0.2, 0.25) is 0 Å². The van der Waals surface area contributed by atoms with Gasteiger partial charge in [0.15, 0.2) is 0 Å². The second kappa shape index (κ2) is 11.4. The Hall–Kier alpha value is -3.23. The zero-order valence-corrected chi connectivity index (χ0v) is 22.2. The molecule has 2 aliphatic rings. The van der Waals surface area contributed by atoms with E-state index in [1.54, 1.807) is 5.38 Å². The minimum atomic E-state index is -0.187. The summed E-state index contributed by atoms with van der Waals surface area (Å²) >= 11 is 1.41. The van der Waals surface area contributed by atoms with Gasteiger partial charge in [0.05, 0.1) is 12.1 Å². The Kier molecular flexibility index (Phi) is 7.86. The third kappa shape index (κ3) is 5.86. The van der Waals surface area contributed by atoms with Crippen molar-refractivity contribution in [2.45, 2.75) is 58.3 Å². The molecule has 2 aromatic carbocycles. The number of rotatable bonds is 8. The number of carbonyl (C=O) groups excluding carboxylic acids is 2. The summed E-state index contributed by atoms with van der Waals surface area (Å²) in [6.45, 7) is 6.23. The standard InChI is InChI=1S/C29H33N3O4S/c1-3-27(33)32-13-12-20-10-11-22(15-24(20)28(32)21-8-6-19(2)7-9-21)36-17-26-31-25(18-37-26)29(34)30-16-23-5-4-14-35-23/h6-11,15,18,23,28H,3-5,12-14,16-17H2,1-2H3,(H,30,34). The van der Waals surface area contributed by atoms with Crippen LogP contribution in [0, 0.1) is 6.92 Å². The summed E-state index contributed by atoms with van der Waals surface area (Å²) in [4.78, 5) is 31.8. The molecule has 1 N–H and O–H groups in total. The molecule has 1 aromatic heterocycles. The Labute approximate surface area is 221 Å². The van der Waals surface area contributed by atoms with Crippen LogP contribution in [0.4, 0.5) is 0 Å². The number of carbonyl (C=O) groups is 2. The highest BCUT2D eigenvalue weighted by Gasteiger charge is 2.31. The molecule has 0 bridgehead atoms. The number of thiazole rings is 1. The summed E-state index contributed by atoms with van der Waals surface area (Å²) in [5.41, 5.74) is 5.03. The maximum Gasteiger partial charge on any atom is 0.270 e. The van der Waals surface area contributed by atoms with E-state index in [2.05, 4.69) is 53.6 Å². The molecule has 2 aliphatic heterocycles. The van der Waals surface area contributed by atoms with E-state index in [0.717, 1.165) is 47.8 Å². The molecule has 194 valence electrons. The van der Waals surface area contributed by atoms with Crippen molar-refractivity contribution < 1.29 is 19.1 Å². The molecule has 3 aromatic rings. The third-order valence-corrected chi connectivity index (χ3v) is 7.84. The number of aromatic nitrogens is 1. The summed E-state index contributed by atoms with van der Waals surface area (Å²) in [6, 6.07) is 14.4. The van der Waals surface area contributed by atoms with Crippen LogP contribution < -0.4 is 10.1 Å². The van der Waals surface area contributed by atoms with Crippen LogP contribution in [0.25, 0.3) is 0 Å². The first kappa shape index (κ1) is 25.4. The van der Waals surface area contributed by atoms with Gasteiger partial charge >= 0.3 is 0 Å². The quantitative estimate of drug-likeness (QED) is 0.461. The lowest BCUT2D eigenvalue weighted by atomic mass is 9.87. The van der Waals surface area contributed by atoms with Crippen molar-refractivity contribution in [3.05, 3.63) is 80.8 Å². The highest BCUT2D eigenvalue weighted by molar-refractivity contribution is 7.09. The Morgan fingerprint density at radius 2 is 2.05 bits per heavy atom. The molecule has 3 heterocycles. The fraction of sp³-hybridized carbons (Fsp3) is 0.414. The van der Waals surface area contributed by atoms with Crippen LogP contribution in [0.3, 0.4) is 0 Å². The first-order valence-electron chi connectivity index (χ1n) is 13.0. The van der Waals surface area contributed by atoms with E-state index >= 15 is 0 Å². The van der Waals surface area contributed by atoms with E-state index in [-0.39, 0.29) is 30.6 Å². The van der Waals surface area contributed by atoms with Crippen LogP contribution >= 0.6 is 11.3 Å². The minimum Gasteiger partial charge on any atom is -0.486 e. The molecule has 0 radical (unpaired) electrons. The Balaban J connectivity index is 1.29. The predicted octanol–water partition coefficient (Wildman–Crippen LogP) is 4.82. The number of fused-ring (bicyclic) bond motifs is 1. The third-order valence-electron chi connectivity index (χ3n) is 7.02. The number of aryl methyl sites for hydroxylation is 1. The van der Waals surface area contributed by atoms with Gasteiger partial charge in [-0.3, -0.25) is 9.59 Å². The van der Waals surface area contributed by atoms with Crippen molar-refractivity contribution >= 4 is 23.2 Å². The van der Waals surface area contributed by atoms with Crippen LogP contribution in [0.15, 0.2) is 47.8 Å². The molecular formula is C29H33N3O4S. The van der Waals surface area contributed by atoms with E-state index in [0.29, 0.717) is 25.2 Å². The Morgan fingerprint density at radius 3 is 2.81 bits per heavy atom. The number of ether oxygens (including phenoxy) is 2. The van der Waals surface area contributed by atoms with Gasteiger partial charge in [0.25, 0.3) is 5.91 Å². The van der Waals surface area contributed by atoms with E-state index in [1.165, 1.54) is 22.5 Å². The number of benzene rings is 2. The van der Waals surface area contributed by atoms with Gasteiger partial charge in [-0.2, -0.15) is 0 Å². The summed E-state index contributed by atoms with van der Waals surface area (Å²) in [7, 11) is 0. The van der Waals surface area contributed by atoms with E-state index in [1.807, 2.05) is 17.9 Å². The Morgan fingerprint density at radius 1 is 1.22 bits per heavy atom. The predicted molar refractivity (Wildman–Crippen MR) is 143 cm³/mol. The fourth-order valence-electron chi connectivity index (χ4n) is 4.99. The van der Waals surface area contributed by atoms with Gasteiger partial charge in [0, 0.05) is 31.5 Å². The first-order valence-corrected chi connectivity index (χ1v) is 13.9. The molecule has 5 rings (SSSR count). The number of hydrogen-bond acceptors (Lipinski definition) is 6. The van der Waals surface area contributed by atoms with Gasteiger partial charge in [0.1, 0.15) is 23.1 Å². The lowest BCUT2D eigenvalue weighted by Gasteiger charge is -2.38. The fourth-order valence-corrected chi connectivity index (χ4v) is 5.68. The second-order valence-electron chi connectivity index (χ2n) is 9.62. The molecule has 1 fully saturated rings. The van der Waals surface area contributed by atoms with Gasteiger partial charge in [-0.1, -0.05) is 42.8 Å². The SMILES string of the molecule is CCC(=O)N1CCc2ccc(OCc3nc(C(=O)NCC4CCCO4)cs3)cc2C1c1ccc(C)cc1. The van der Waals surface area contributed by atoms with E-state index < -0.39 is 0 Å². The highest BCUT2D eigenvalue weighted by atomic mass is 32.1. The average Bonchev–Trinajstić information content (AvgIpc) is 3.62. The van der Waals surface area contributed by atoms with E-state index in [4.69, 9.17) is 9.47 Å². The van der Waals surface area contributed by atoms with Crippen LogP contribution in [0.5, 0.6) is 5.75 Å². The van der Waals surface area contributed by atoms with Crippen LogP contribution in [-0.4, -0.2) is 47.5 Å². The molecule has 2 atom stereocenters. The van der Waals surface area contributed by atoms with E-state index in [9.17, 15) is 9.59 Å². The molecule has 0 aliphatic carbocycles. The van der Waals surface area contributed by atoms with Crippen molar-refractivity contribution in [2.75, 3.05) is 19.7 Å². The normalized spacial score (nSPS) is 18.9. The second-order valence-corrected chi connectivity index (χ2v) is 10.6. The van der Waals surface area contributed by atoms with Crippen molar-refractivity contribution in [2.24, 2.45) is 0 Å². The van der Waals surface area contributed by atoms with Gasteiger partial charge in [-0.05, 0) is 55.0 Å². The zero-order valence-electron chi connectivity index (χ0n) is 21.4. The average molecular weight is 520 g/mol. The minimum absolute atomic E-state index is 0.0988.